The van der Waals surface area contributed by atoms with Crippen LogP contribution in [0.4, 0.5) is 0 Å². The van der Waals surface area contributed by atoms with Gasteiger partial charge in [0.15, 0.2) is 0 Å². The van der Waals surface area contributed by atoms with Crippen LogP contribution in [0.3, 0.4) is 0 Å². The largest absolute Gasteiger partial charge is 0.469 e. The van der Waals surface area contributed by atoms with Crippen molar-refractivity contribution in [3.8, 4) is 11.3 Å². The Balaban J connectivity index is 1.72. The van der Waals surface area contributed by atoms with Crippen LogP contribution >= 0.6 is 0 Å². The van der Waals surface area contributed by atoms with Crippen molar-refractivity contribution >= 4 is 5.91 Å². The zero-order valence-corrected chi connectivity index (χ0v) is 13.3. The first-order valence-corrected chi connectivity index (χ1v) is 7.75. The first kappa shape index (κ1) is 15.8. The fourth-order valence-electron chi connectivity index (χ4n) is 2.52. The molecule has 24 heavy (non-hydrogen) atoms. The van der Waals surface area contributed by atoms with Crippen molar-refractivity contribution in [3.63, 3.8) is 0 Å². The highest BCUT2D eigenvalue weighted by atomic mass is 16.3. The molecule has 2 N–H and O–H groups in total. The Morgan fingerprint density at radius 3 is 2.58 bits per heavy atom. The van der Waals surface area contributed by atoms with Gasteiger partial charge in [0, 0.05) is 18.2 Å². The lowest BCUT2D eigenvalue weighted by molar-refractivity contribution is 0.0938. The number of nitrogens with one attached hydrogen (secondary N) is 2. The maximum atomic E-state index is 12.3. The van der Waals surface area contributed by atoms with Gasteiger partial charge in [0.05, 0.1) is 6.26 Å². The number of rotatable bonds is 5. The van der Waals surface area contributed by atoms with E-state index in [0.29, 0.717) is 12.1 Å². The van der Waals surface area contributed by atoms with Crippen LogP contribution in [0.1, 0.15) is 23.0 Å². The molecular weight excluding hydrogens is 304 g/mol. The maximum absolute atomic E-state index is 12.3. The summed E-state index contributed by atoms with van der Waals surface area (Å²) in [6, 6.07) is 16.3. The van der Waals surface area contributed by atoms with Gasteiger partial charge in [-0.2, -0.15) is 0 Å². The Labute approximate surface area is 139 Å². The van der Waals surface area contributed by atoms with Crippen molar-refractivity contribution in [1.29, 1.82) is 0 Å². The third-order valence-corrected chi connectivity index (χ3v) is 3.70. The Hall–Kier alpha value is -3.08. The molecule has 2 heterocycles. The summed E-state index contributed by atoms with van der Waals surface area (Å²) < 4.78 is 5.26. The van der Waals surface area contributed by atoms with E-state index in [9.17, 15) is 9.59 Å². The average molecular weight is 322 g/mol. The highest BCUT2D eigenvalue weighted by Gasteiger charge is 2.15. The second-order valence-electron chi connectivity index (χ2n) is 5.64. The molecular formula is C19H18N2O3. The summed E-state index contributed by atoms with van der Waals surface area (Å²) in [5.74, 6) is 0.394. The lowest BCUT2D eigenvalue weighted by atomic mass is 10.1. The highest BCUT2D eigenvalue weighted by Crippen LogP contribution is 2.14. The van der Waals surface area contributed by atoms with E-state index < -0.39 is 11.5 Å². The lowest BCUT2D eigenvalue weighted by Gasteiger charge is -2.12. The second kappa shape index (κ2) is 7.00. The second-order valence-corrected chi connectivity index (χ2v) is 5.64. The molecule has 1 aromatic carbocycles. The average Bonchev–Trinajstić information content (AvgIpc) is 3.08. The minimum Gasteiger partial charge on any atom is -0.469 e. The molecule has 0 spiro atoms. The molecule has 3 rings (SSSR count). The highest BCUT2D eigenvalue weighted by molar-refractivity contribution is 5.94. The Morgan fingerprint density at radius 1 is 1.12 bits per heavy atom. The van der Waals surface area contributed by atoms with Gasteiger partial charge in [0.2, 0.25) is 0 Å². The van der Waals surface area contributed by atoms with E-state index >= 15 is 0 Å². The molecule has 5 heteroatoms. The van der Waals surface area contributed by atoms with E-state index in [4.69, 9.17) is 4.42 Å². The van der Waals surface area contributed by atoms with E-state index in [1.54, 1.807) is 24.5 Å². The molecule has 3 aromatic rings. The van der Waals surface area contributed by atoms with Crippen LogP contribution in [-0.2, 0) is 6.42 Å². The number of hydrogen-bond acceptors (Lipinski definition) is 3. The summed E-state index contributed by atoms with van der Waals surface area (Å²) in [6.07, 6.45) is 2.16. The van der Waals surface area contributed by atoms with Gasteiger partial charge in [-0.05, 0) is 36.8 Å². The molecule has 0 saturated heterocycles. The predicted octanol–water partition coefficient (Wildman–Crippen LogP) is 3.00. The zero-order valence-electron chi connectivity index (χ0n) is 13.3. The minimum atomic E-state index is -0.404. The van der Waals surface area contributed by atoms with E-state index in [1.165, 1.54) is 0 Å². The molecule has 1 atom stereocenters. The number of aromatic nitrogens is 1. The van der Waals surface area contributed by atoms with Gasteiger partial charge < -0.3 is 14.7 Å². The number of carbonyl (C=O) groups is 1. The van der Waals surface area contributed by atoms with Crippen molar-refractivity contribution in [2.45, 2.75) is 19.4 Å². The summed E-state index contributed by atoms with van der Waals surface area (Å²) >= 11 is 0. The molecule has 0 radical (unpaired) electrons. The van der Waals surface area contributed by atoms with E-state index in [1.807, 2.05) is 43.3 Å². The number of aromatic amines is 1. The van der Waals surface area contributed by atoms with Crippen LogP contribution in [0.15, 0.2) is 70.1 Å². The molecule has 0 aliphatic carbocycles. The number of furan rings is 1. The molecule has 1 amide bonds. The SMILES string of the molecule is C[C@@H](Cc1ccco1)NC(=O)c1ccc(-c2ccccc2)[nH]c1=O. The lowest BCUT2D eigenvalue weighted by Crippen LogP contribution is -2.37. The first-order chi connectivity index (χ1) is 11.6. The number of H-pyrrole nitrogens is 1. The number of carbonyl (C=O) groups excluding carboxylic acids is 1. The summed E-state index contributed by atoms with van der Waals surface area (Å²) in [7, 11) is 0. The number of pyridine rings is 1. The standard InChI is InChI=1S/C19H18N2O3/c1-13(12-15-8-5-11-24-15)20-18(22)16-9-10-17(21-19(16)23)14-6-3-2-4-7-14/h2-11,13H,12H2,1H3,(H,20,22)(H,21,23)/t13-/m0/s1. The van der Waals surface area contributed by atoms with Crippen LogP contribution in [0, 0.1) is 0 Å². The quantitative estimate of drug-likeness (QED) is 0.758. The molecule has 0 unspecified atom stereocenters. The monoisotopic (exact) mass is 322 g/mol. The molecule has 0 aliphatic heterocycles. The summed E-state index contributed by atoms with van der Waals surface area (Å²) in [5.41, 5.74) is 1.27. The van der Waals surface area contributed by atoms with Gasteiger partial charge in [0.25, 0.3) is 11.5 Å². The van der Waals surface area contributed by atoms with Gasteiger partial charge >= 0.3 is 0 Å². The molecule has 122 valence electrons. The van der Waals surface area contributed by atoms with Crippen molar-refractivity contribution in [1.82, 2.24) is 10.3 Å². The van der Waals surface area contributed by atoms with E-state index in [-0.39, 0.29) is 11.6 Å². The summed E-state index contributed by atoms with van der Waals surface area (Å²) in [5, 5.41) is 2.82. The smallest absolute Gasteiger partial charge is 0.261 e. The van der Waals surface area contributed by atoms with Gasteiger partial charge in [-0.15, -0.1) is 0 Å². The van der Waals surface area contributed by atoms with Crippen LogP contribution in [-0.4, -0.2) is 16.9 Å². The Morgan fingerprint density at radius 2 is 1.92 bits per heavy atom. The van der Waals surface area contributed by atoms with Crippen LogP contribution in [0.5, 0.6) is 0 Å². The van der Waals surface area contributed by atoms with Crippen molar-refractivity contribution in [2.75, 3.05) is 0 Å². The third-order valence-electron chi connectivity index (χ3n) is 3.70. The number of hydrogen-bond donors (Lipinski definition) is 2. The number of benzene rings is 1. The molecule has 0 saturated carbocycles. The molecule has 0 aliphatic rings. The molecule has 2 aromatic heterocycles. The topological polar surface area (TPSA) is 75.1 Å². The van der Waals surface area contributed by atoms with Gasteiger partial charge in [0.1, 0.15) is 11.3 Å². The third kappa shape index (κ3) is 3.63. The zero-order chi connectivity index (χ0) is 16.9. The van der Waals surface area contributed by atoms with Crippen LogP contribution in [0.2, 0.25) is 0 Å². The maximum Gasteiger partial charge on any atom is 0.261 e. The van der Waals surface area contributed by atoms with E-state index in [0.717, 1.165) is 11.3 Å². The van der Waals surface area contributed by atoms with Crippen LogP contribution in [0.25, 0.3) is 11.3 Å². The van der Waals surface area contributed by atoms with Crippen molar-refractivity contribution < 1.29 is 9.21 Å². The predicted molar refractivity (Wildman–Crippen MR) is 91.8 cm³/mol. The molecule has 0 bridgehead atoms. The molecule has 5 nitrogen and oxygen atoms in total. The molecule has 0 fully saturated rings. The number of amides is 1. The van der Waals surface area contributed by atoms with Gasteiger partial charge in [-0.25, -0.2) is 0 Å². The van der Waals surface area contributed by atoms with Gasteiger partial charge in [-0.3, -0.25) is 9.59 Å². The van der Waals surface area contributed by atoms with Crippen molar-refractivity contribution in [3.05, 3.63) is 82.5 Å². The fraction of sp³-hybridized carbons (Fsp3) is 0.158. The van der Waals surface area contributed by atoms with Crippen molar-refractivity contribution in [2.24, 2.45) is 0 Å². The van der Waals surface area contributed by atoms with Crippen LogP contribution < -0.4 is 10.9 Å². The normalized spacial score (nSPS) is 11.9. The van der Waals surface area contributed by atoms with Gasteiger partial charge in [-0.1, -0.05) is 30.3 Å². The minimum absolute atomic E-state index is 0.0981. The fourth-order valence-corrected chi connectivity index (χ4v) is 2.52. The summed E-state index contributed by atoms with van der Waals surface area (Å²) in [6.45, 7) is 1.87. The Bertz CT molecular complexity index is 867. The first-order valence-electron chi connectivity index (χ1n) is 7.75. The Kier molecular flexibility index (Phi) is 4.61. The summed E-state index contributed by atoms with van der Waals surface area (Å²) in [4.78, 5) is 27.3. The van der Waals surface area contributed by atoms with E-state index in [2.05, 4.69) is 10.3 Å².